The molecule has 0 aromatic carbocycles. The number of halogens is 4. The number of alkyl halides is 4. The molecule has 0 amide bonds. The van der Waals surface area contributed by atoms with Gasteiger partial charge in [-0.05, 0) is 6.42 Å². The largest absolute Gasteiger partial charge is 0.522 e. The lowest BCUT2D eigenvalue weighted by molar-refractivity contribution is -0.323. The summed E-state index contributed by atoms with van der Waals surface area (Å²) in [5.41, 5.74) is 0. The molecule has 0 heterocycles. The topological polar surface area (TPSA) is 21.3 Å². The van der Waals surface area contributed by atoms with Gasteiger partial charge < -0.3 is 5.32 Å². The zero-order valence-electron chi connectivity index (χ0n) is 8.03. The van der Waals surface area contributed by atoms with E-state index in [1.165, 1.54) is 0 Å². The van der Waals surface area contributed by atoms with Gasteiger partial charge in [0.25, 0.3) is 0 Å². The van der Waals surface area contributed by atoms with Gasteiger partial charge in [0.05, 0.1) is 6.61 Å². The van der Waals surface area contributed by atoms with Gasteiger partial charge in [0.15, 0.2) is 0 Å². The number of rotatable bonds is 7. The van der Waals surface area contributed by atoms with E-state index in [-0.39, 0.29) is 18.5 Å². The normalized spacial score (nSPS) is 14.4. The number of ether oxygens (including phenoxy) is 1. The van der Waals surface area contributed by atoms with Crippen LogP contribution in [-0.4, -0.2) is 31.4 Å². The first-order valence-corrected chi connectivity index (χ1v) is 4.95. The molecule has 0 aliphatic rings. The minimum atomic E-state index is -4.54. The van der Waals surface area contributed by atoms with Crippen molar-refractivity contribution in [1.82, 2.24) is 5.32 Å². The fourth-order valence-corrected chi connectivity index (χ4v) is 1.24. The van der Waals surface area contributed by atoms with Crippen LogP contribution < -0.4 is 5.32 Å². The van der Waals surface area contributed by atoms with Crippen molar-refractivity contribution in [1.29, 1.82) is 0 Å². The van der Waals surface area contributed by atoms with Crippen LogP contribution in [0, 0.1) is 0 Å². The highest BCUT2D eigenvalue weighted by atomic mass is 35.5. The molecule has 0 aliphatic carbocycles. The van der Waals surface area contributed by atoms with E-state index in [4.69, 9.17) is 11.6 Å². The van der Waals surface area contributed by atoms with E-state index in [0.717, 1.165) is 12.8 Å². The second kappa shape index (κ2) is 7.31. The summed E-state index contributed by atoms with van der Waals surface area (Å²) in [6, 6.07) is 0. The molecule has 6 heteroatoms. The Morgan fingerprint density at radius 3 is 2.57 bits per heavy atom. The third-order valence-electron chi connectivity index (χ3n) is 1.51. The highest BCUT2D eigenvalue weighted by Crippen LogP contribution is 2.15. The summed E-state index contributed by atoms with van der Waals surface area (Å²) in [5.74, 6) is 0. The summed E-state index contributed by atoms with van der Waals surface area (Å²) in [6.07, 6.45) is -2.71. The molecule has 0 fully saturated rings. The minimum Gasteiger partial charge on any atom is -0.313 e. The fraction of sp³-hybridized carbons (Fsp3) is 1.00. The summed E-state index contributed by atoms with van der Waals surface area (Å²) in [6.45, 7) is 2.30. The van der Waals surface area contributed by atoms with Crippen LogP contribution in [0.4, 0.5) is 13.2 Å². The van der Waals surface area contributed by atoms with Crippen molar-refractivity contribution in [3.63, 3.8) is 0 Å². The van der Waals surface area contributed by atoms with Crippen LogP contribution in [-0.2, 0) is 4.74 Å². The van der Waals surface area contributed by atoms with Crippen molar-refractivity contribution in [2.75, 3.05) is 19.7 Å². The molecule has 1 atom stereocenters. The van der Waals surface area contributed by atoms with Gasteiger partial charge in [0.2, 0.25) is 0 Å². The second-order valence-corrected chi connectivity index (χ2v) is 3.50. The fourth-order valence-electron chi connectivity index (χ4n) is 0.913. The molecule has 0 aromatic rings. The number of hydrogen-bond acceptors (Lipinski definition) is 2. The molecule has 1 N–H and O–H groups in total. The molecule has 0 spiro atoms. The molecule has 1 unspecified atom stereocenters. The third kappa shape index (κ3) is 10.1. The Morgan fingerprint density at radius 2 is 2.07 bits per heavy atom. The smallest absolute Gasteiger partial charge is 0.313 e. The maximum absolute atomic E-state index is 11.5. The van der Waals surface area contributed by atoms with Gasteiger partial charge in [-0.25, -0.2) is 0 Å². The predicted octanol–water partition coefficient (Wildman–Crippen LogP) is 2.52. The Hall–Kier alpha value is -0.0000000000000000555. The summed E-state index contributed by atoms with van der Waals surface area (Å²) >= 11 is 5.82. The van der Waals surface area contributed by atoms with Gasteiger partial charge in [-0.3, -0.25) is 4.74 Å². The van der Waals surface area contributed by atoms with Crippen LogP contribution in [0.2, 0.25) is 0 Å². The van der Waals surface area contributed by atoms with Crippen LogP contribution in [0.15, 0.2) is 0 Å². The summed E-state index contributed by atoms with van der Waals surface area (Å²) in [5, 5.41) is 2.76. The van der Waals surface area contributed by atoms with Crippen molar-refractivity contribution in [3.8, 4) is 0 Å². The van der Waals surface area contributed by atoms with Crippen molar-refractivity contribution in [3.05, 3.63) is 0 Å². The molecule has 0 saturated carbocycles. The van der Waals surface area contributed by atoms with E-state index in [0.29, 0.717) is 6.54 Å². The van der Waals surface area contributed by atoms with E-state index < -0.39 is 6.36 Å². The molecule has 0 rings (SSSR count). The SMILES string of the molecule is CCCC(Cl)CNCCOC(F)(F)F. The van der Waals surface area contributed by atoms with E-state index >= 15 is 0 Å². The molecule has 14 heavy (non-hydrogen) atoms. The van der Waals surface area contributed by atoms with E-state index in [9.17, 15) is 13.2 Å². The maximum atomic E-state index is 11.5. The van der Waals surface area contributed by atoms with Crippen molar-refractivity contribution in [2.24, 2.45) is 0 Å². The lowest BCUT2D eigenvalue weighted by Crippen LogP contribution is -2.28. The average molecular weight is 234 g/mol. The number of hydrogen-bond donors (Lipinski definition) is 1. The third-order valence-corrected chi connectivity index (χ3v) is 1.88. The first-order valence-electron chi connectivity index (χ1n) is 4.51. The van der Waals surface area contributed by atoms with Crippen LogP contribution in [0.1, 0.15) is 19.8 Å². The van der Waals surface area contributed by atoms with Crippen molar-refractivity contribution in [2.45, 2.75) is 31.5 Å². The minimum absolute atomic E-state index is 0.0223. The van der Waals surface area contributed by atoms with Crippen molar-refractivity contribution >= 4 is 11.6 Å². The Bertz CT molecular complexity index is 143. The molecule has 0 aromatic heterocycles. The monoisotopic (exact) mass is 233 g/mol. The average Bonchev–Trinajstić information content (AvgIpc) is 2.02. The Kier molecular flexibility index (Phi) is 7.31. The van der Waals surface area contributed by atoms with Gasteiger partial charge in [-0.15, -0.1) is 24.8 Å². The summed E-state index contributed by atoms with van der Waals surface area (Å²) in [4.78, 5) is 0. The quantitative estimate of drug-likeness (QED) is 0.539. The molecular weight excluding hydrogens is 219 g/mol. The Morgan fingerprint density at radius 1 is 1.43 bits per heavy atom. The lowest BCUT2D eigenvalue weighted by atomic mass is 10.2. The Labute approximate surface area is 86.8 Å². The van der Waals surface area contributed by atoms with E-state index in [1.54, 1.807) is 0 Å². The summed E-state index contributed by atoms with van der Waals surface area (Å²) < 4.78 is 38.0. The number of nitrogens with one attached hydrogen (secondary N) is 1. The zero-order chi connectivity index (χ0) is 11.0. The van der Waals surface area contributed by atoms with Gasteiger partial charge >= 0.3 is 6.36 Å². The lowest BCUT2D eigenvalue weighted by Gasteiger charge is -2.10. The van der Waals surface area contributed by atoms with Crippen LogP contribution in [0.25, 0.3) is 0 Å². The highest BCUT2D eigenvalue weighted by Gasteiger charge is 2.28. The highest BCUT2D eigenvalue weighted by molar-refractivity contribution is 6.20. The van der Waals surface area contributed by atoms with E-state index in [1.807, 2.05) is 6.92 Å². The van der Waals surface area contributed by atoms with Gasteiger partial charge in [0, 0.05) is 18.5 Å². The Balaban J connectivity index is 3.21. The van der Waals surface area contributed by atoms with Gasteiger partial charge in [-0.1, -0.05) is 13.3 Å². The maximum Gasteiger partial charge on any atom is 0.522 e. The second-order valence-electron chi connectivity index (χ2n) is 2.88. The van der Waals surface area contributed by atoms with Crippen LogP contribution in [0.5, 0.6) is 0 Å². The molecule has 0 aliphatic heterocycles. The van der Waals surface area contributed by atoms with Gasteiger partial charge in [-0.2, -0.15) is 0 Å². The van der Waals surface area contributed by atoms with Crippen LogP contribution >= 0.6 is 11.6 Å². The molecule has 0 radical (unpaired) electrons. The molecule has 0 bridgehead atoms. The van der Waals surface area contributed by atoms with Gasteiger partial charge in [0.1, 0.15) is 0 Å². The molecule has 86 valence electrons. The van der Waals surface area contributed by atoms with E-state index in [2.05, 4.69) is 10.1 Å². The molecule has 0 saturated heterocycles. The molecule has 2 nitrogen and oxygen atoms in total. The standard InChI is InChI=1S/C8H15ClF3NO/c1-2-3-7(9)6-13-4-5-14-8(10,11)12/h7,13H,2-6H2,1H3. The summed E-state index contributed by atoms with van der Waals surface area (Å²) in [7, 11) is 0. The predicted molar refractivity (Wildman–Crippen MR) is 49.4 cm³/mol. The zero-order valence-corrected chi connectivity index (χ0v) is 8.79. The first kappa shape index (κ1) is 14.0. The van der Waals surface area contributed by atoms with Crippen molar-refractivity contribution < 1.29 is 17.9 Å². The molecular formula is C8H15ClF3NO. The van der Waals surface area contributed by atoms with Crippen LogP contribution in [0.3, 0.4) is 0 Å². The first-order chi connectivity index (χ1) is 6.45.